The normalized spacial score (nSPS) is 10.2. The summed E-state index contributed by atoms with van der Waals surface area (Å²) >= 11 is 0. The first kappa shape index (κ1) is 20.6. The van der Waals surface area contributed by atoms with Crippen LogP contribution in [-0.2, 0) is 14.3 Å². The SMILES string of the molecule is CC(=O)Nc1cccc(NC(=O)COC(=O)c2ccc(-c3ccc(O)cc3)cc2)c1. The first-order valence-corrected chi connectivity index (χ1v) is 9.15. The Labute approximate surface area is 173 Å². The van der Waals surface area contributed by atoms with Gasteiger partial charge in [-0.05, 0) is 53.6 Å². The van der Waals surface area contributed by atoms with Crippen LogP contribution in [0.5, 0.6) is 5.75 Å². The predicted molar refractivity (Wildman–Crippen MR) is 113 cm³/mol. The highest BCUT2D eigenvalue weighted by atomic mass is 16.5. The molecule has 0 aliphatic carbocycles. The van der Waals surface area contributed by atoms with Crippen molar-refractivity contribution in [2.75, 3.05) is 17.2 Å². The lowest BCUT2D eigenvalue weighted by Gasteiger charge is -2.09. The summed E-state index contributed by atoms with van der Waals surface area (Å²) in [4.78, 5) is 35.3. The number of rotatable bonds is 6. The molecular formula is C23H20N2O5. The van der Waals surface area contributed by atoms with E-state index in [1.54, 1.807) is 72.8 Å². The molecule has 152 valence electrons. The van der Waals surface area contributed by atoms with Gasteiger partial charge in [-0.3, -0.25) is 9.59 Å². The van der Waals surface area contributed by atoms with Crippen LogP contribution < -0.4 is 10.6 Å². The average Bonchev–Trinajstić information content (AvgIpc) is 2.72. The van der Waals surface area contributed by atoms with Gasteiger partial charge in [0.25, 0.3) is 5.91 Å². The maximum Gasteiger partial charge on any atom is 0.338 e. The molecule has 7 nitrogen and oxygen atoms in total. The van der Waals surface area contributed by atoms with Gasteiger partial charge >= 0.3 is 5.97 Å². The van der Waals surface area contributed by atoms with Crippen molar-refractivity contribution in [2.24, 2.45) is 0 Å². The number of anilines is 2. The average molecular weight is 404 g/mol. The quantitative estimate of drug-likeness (QED) is 0.542. The van der Waals surface area contributed by atoms with E-state index in [9.17, 15) is 19.5 Å². The number of hydrogen-bond acceptors (Lipinski definition) is 5. The first-order valence-electron chi connectivity index (χ1n) is 9.15. The van der Waals surface area contributed by atoms with Crippen molar-refractivity contribution >= 4 is 29.2 Å². The van der Waals surface area contributed by atoms with E-state index in [2.05, 4.69) is 10.6 Å². The van der Waals surface area contributed by atoms with Crippen LogP contribution in [0.3, 0.4) is 0 Å². The number of benzene rings is 3. The van der Waals surface area contributed by atoms with Crippen molar-refractivity contribution in [1.29, 1.82) is 0 Å². The van der Waals surface area contributed by atoms with Crippen LogP contribution in [0.4, 0.5) is 11.4 Å². The van der Waals surface area contributed by atoms with Gasteiger partial charge in [0.05, 0.1) is 5.56 Å². The van der Waals surface area contributed by atoms with Crippen LogP contribution in [-0.4, -0.2) is 29.5 Å². The van der Waals surface area contributed by atoms with E-state index >= 15 is 0 Å². The maximum atomic E-state index is 12.2. The molecule has 2 amide bonds. The van der Waals surface area contributed by atoms with Gasteiger partial charge in [-0.15, -0.1) is 0 Å². The zero-order chi connectivity index (χ0) is 21.5. The summed E-state index contributed by atoms with van der Waals surface area (Å²) in [6, 6.07) is 20.1. The molecule has 7 heteroatoms. The molecule has 30 heavy (non-hydrogen) atoms. The van der Waals surface area contributed by atoms with E-state index in [0.29, 0.717) is 16.9 Å². The van der Waals surface area contributed by atoms with Crippen LogP contribution >= 0.6 is 0 Å². The lowest BCUT2D eigenvalue weighted by atomic mass is 10.0. The third kappa shape index (κ3) is 5.68. The molecule has 0 atom stereocenters. The molecule has 0 aliphatic rings. The highest BCUT2D eigenvalue weighted by molar-refractivity contribution is 5.96. The van der Waals surface area contributed by atoms with Crippen LogP contribution in [0.2, 0.25) is 0 Å². The summed E-state index contributed by atoms with van der Waals surface area (Å²) in [5.74, 6) is -1.15. The largest absolute Gasteiger partial charge is 0.508 e. The summed E-state index contributed by atoms with van der Waals surface area (Å²) in [7, 11) is 0. The van der Waals surface area contributed by atoms with Gasteiger partial charge in [-0.25, -0.2) is 4.79 Å². The number of nitrogens with one attached hydrogen (secondary N) is 2. The van der Waals surface area contributed by atoms with Gasteiger partial charge in [0.15, 0.2) is 6.61 Å². The number of esters is 1. The van der Waals surface area contributed by atoms with E-state index < -0.39 is 18.5 Å². The molecule has 0 radical (unpaired) electrons. The molecule has 0 saturated heterocycles. The highest BCUT2D eigenvalue weighted by Gasteiger charge is 2.11. The van der Waals surface area contributed by atoms with Crippen LogP contribution in [0.1, 0.15) is 17.3 Å². The number of ether oxygens (including phenoxy) is 1. The van der Waals surface area contributed by atoms with Gasteiger partial charge in [0.1, 0.15) is 5.75 Å². The second kappa shape index (κ2) is 9.38. The minimum absolute atomic E-state index is 0.180. The van der Waals surface area contributed by atoms with Gasteiger partial charge < -0.3 is 20.5 Å². The number of carbonyl (C=O) groups is 3. The molecule has 0 aliphatic heterocycles. The fourth-order valence-corrected chi connectivity index (χ4v) is 2.74. The van der Waals surface area contributed by atoms with E-state index in [-0.39, 0.29) is 11.7 Å². The van der Waals surface area contributed by atoms with E-state index in [1.165, 1.54) is 6.92 Å². The van der Waals surface area contributed by atoms with Gasteiger partial charge in [-0.2, -0.15) is 0 Å². The van der Waals surface area contributed by atoms with E-state index in [1.807, 2.05) is 0 Å². The third-order valence-corrected chi connectivity index (χ3v) is 4.12. The second-order valence-electron chi connectivity index (χ2n) is 6.51. The smallest absolute Gasteiger partial charge is 0.338 e. The molecule has 0 heterocycles. The Bertz CT molecular complexity index is 1060. The van der Waals surface area contributed by atoms with Crippen LogP contribution in [0.15, 0.2) is 72.8 Å². The van der Waals surface area contributed by atoms with Gasteiger partial charge in [-0.1, -0.05) is 30.3 Å². The lowest BCUT2D eigenvalue weighted by Crippen LogP contribution is -2.21. The van der Waals surface area contributed by atoms with Crippen molar-refractivity contribution in [3.63, 3.8) is 0 Å². The Morgan fingerprint density at radius 3 is 2.00 bits per heavy atom. The number of amides is 2. The lowest BCUT2D eigenvalue weighted by molar-refractivity contribution is -0.119. The highest BCUT2D eigenvalue weighted by Crippen LogP contribution is 2.22. The molecule has 3 aromatic rings. The molecule has 3 N–H and O–H groups in total. The van der Waals surface area contributed by atoms with Crippen molar-refractivity contribution in [2.45, 2.75) is 6.92 Å². The van der Waals surface area contributed by atoms with Gasteiger partial charge in [0, 0.05) is 18.3 Å². The number of carbonyl (C=O) groups excluding carboxylic acids is 3. The fraction of sp³-hybridized carbons (Fsp3) is 0.0870. The number of aromatic hydroxyl groups is 1. The molecule has 0 spiro atoms. The standard InChI is InChI=1S/C23H20N2O5/c1-15(26)24-19-3-2-4-20(13-19)25-22(28)14-30-23(29)18-7-5-16(6-8-18)17-9-11-21(27)12-10-17/h2-13,27H,14H2,1H3,(H,24,26)(H,25,28). The first-order chi connectivity index (χ1) is 14.4. The Morgan fingerprint density at radius 2 is 1.40 bits per heavy atom. The minimum atomic E-state index is -0.616. The molecule has 0 fully saturated rings. The molecule has 3 rings (SSSR count). The summed E-state index contributed by atoms with van der Waals surface area (Å²) in [6.07, 6.45) is 0. The Kier molecular flexibility index (Phi) is 6.44. The number of phenols is 1. The van der Waals surface area contributed by atoms with Crippen molar-refractivity contribution in [1.82, 2.24) is 0 Å². The molecule has 0 saturated carbocycles. The number of hydrogen-bond donors (Lipinski definition) is 3. The van der Waals surface area contributed by atoms with Crippen molar-refractivity contribution in [3.05, 3.63) is 78.4 Å². The monoisotopic (exact) mass is 404 g/mol. The Balaban J connectivity index is 1.54. The summed E-state index contributed by atoms with van der Waals surface area (Å²) in [5, 5.41) is 14.6. The van der Waals surface area contributed by atoms with Crippen molar-refractivity contribution in [3.8, 4) is 16.9 Å². The molecule has 0 aromatic heterocycles. The minimum Gasteiger partial charge on any atom is -0.508 e. The van der Waals surface area contributed by atoms with Crippen molar-refractivity contribution < 1.29 is 24.2 Å². The zero-order valence-corrected chi connectivity index (χ0v) is 16.2. The fourth-order valence-electron chi connectivity index (χ4n) is 2.74. The summed E-state index contributed by atoms with van der Waals surface area (Å²) in [6.45, 7) is 0.949. The Morgan fingerprint density at radius 1 is 0.833 bits per heavy atom. The molecule has 3 aromatic carbocycles. The third-order valence-electron chi connectivity index (χ3n) is 4.12. The van der Waals surface area contributed by atoms with Crippen LogP contribution in [0, 0.1) is 0 Å². The molecular weight excluding hydrogens is 384 g/mol. The number of phenolic OH excluding ortho intramolecular Hbond substituents is 1. The maximum absolute atomic E-state index is 12.2. The summed E-state index contributed by atoms with van der Waals surface area (Å²) in [5.41, 5.74) is 3.11. The Hall–Kier alpha value is -4.13. The van der Waals surface area contributed by atoms with E-state index in [0.717, 1.165) is 11.1 Å². The summed E-state index contributed by atoms with van der Waals surface area (Å²) < 4.78 is 5.06. The second-order valence-corrected chi connectivity index (χ2v) is 6.51. The van der Waals surface area contributed by atoms with E-state index in [4.69, 9.17) is 4.74 Å². The molecule has 0 bridgehead atoms. The molecule has 0 unspecified atom stereocenters. The zero-order valence-electron chi connectivity index (χ0n) is 16.2. The van der Waals surface area contributed by atoms with Gasteiger partial charge in [0.2, 0.25) is 5.91 Å². The topological polar surface area (TPSA) is 105 Å². The van der Waals surface area contributed by atoms with Crippen LogP contribution in [0.25, 0.3) is 11.1 Å². The predicted octanol–water partition coefficient (Wildman–Crippen LogP) is 3.81.